The molecule has 11 fully saturated rings. The maximum absolute atomic E-state index is 14.7. The summed E-state index contributed by atoms with van der Waals surface area (Å²) in [5, 5.41) is 162. The molecule has 15 N–H and O–H groups in total. The molecule has 0 amide bonds. The third kappa shape index (κ3) is 10.9. The largest absolute Gasteiger partial charge is 0.394 e. The fourth-order valence-electron chi connectivity index (χ4n) is 17.0. The van der Waals surface area contributed by atoms with Gasteiger partial charge in [0.15, 0.2) is 49.8 Å². The highest BCUT2D eigenvalue weighted by Crippen LogP contribution is 2.71. The zero-order valence-electron chi connectivity index (χ0n) is 47.1. The number of Topliss-reactive ketones (excluding diaryl/α,β-unsaturated/α-hetero) is 1. The van der Waals surface area contributed by atoms with Crippen molar-refractivity contribution in [3.8, 4) is 0 Å². The Balaban J connectivity index is 0.675. The molecule has 0 bridgehead atoms. The molecule has 83 heavy (non-hydrogen) atoms. The van der Waals surface area contributed by atoms with Gasteiger partial charge in [0.2, 0.25) is 0 Å². The Labute approximate surface area is 479 Å². The first-order chi connectivity index (χ1) is 39.2. The highest BCUT2D eigenvalue weighted by atomic mass is 16.8. The predicted octanol–water partition coefficient (Wildman–Crippen LogP) is -4.96. The lowest BCUT2D eigenvalue weighted by Crippen LogP contribution is -2.67. The van der Waals surface area contributed by atoms with Crippen LogP contribution in [-0.4, -0.2) is 274 Å². The van der Waals surface area contributed by atoms with Crippen LogP contribution >= 0.6 is 0 Å². The van der Waals surface area contributed by atoms with Gasteiger partial charge in [0.25, 0.3) is 0 Å². The molecule has 0 aromatic rings. The van der Waals surface area contributed by atoms with Crippen molar-refractivity contribution in [1.29, 1.82) is 0 Å². The van der Waals surface area contributed by atoms with E-state index in [0.29, 0.717) is 43.5 Å². The SMILES string of the molecule is C[C@@H]1CC[C@@]2(OC1)O[C@H]1C[C@H]3[C@@H]4CC[C@H]5C[C@@H](O[C@@H]6O[C@H](C)[C@@H](O[C@@H]7O[C@H](CO)[C@@H](O[C@@H]8O[C@H](O)[C@H](O)[C@@H](O[C@@H]9O[C@H](CO)[C@@H](O[C@@H]%10O[C@H](O)[C@@H](O)[C@H](O)[C@H]%10O)[C@H](O)[C@H]9O)[C@H]8O)[C@H](O)[C@H]7O)[C@H](O)[C@H]6O)CC[C@]5(C)[C@H]4C(=O)C[C@]3(C)[C@H]1[C@@H]2C. The molecule has 11 rings (SSSR count). The first kappa shape index (κ1) is 63.2. The van der Waals surface area contributed by atoms with Crippen LogP contribution in [0.3, 0.4) is 0 Å². The van der Waals surface area contributed by atoms with Gasteiger partial charge in [-0.25, -0.2) is 0 Å². The van der Waals surface area contributed by atoms with Crippen LogP contribution in [0.4, 0.5) is 0 Å². The summed E-state index contributed by atoms with van der Waals surface area (Å²) in [5.74, 6) is 1.44. The molecule has 28 heteroatoms. The van der Waals surface area contributed by atoms with E-state index in [1.54, 1.807) is 6.92 Å². The summed E-state index contributed by atoms with van der Waals surface area (Å²) in [6.07, 6.45) is -39.6. The minimum atomic E-state index is -2.23. The molecule has 1 spiro atoms. The van der Waals surface area contributed by atoms with Gasteiger partial charge in [-0.15, -0.1) is 0 Å². The lowest BCUT2D eigenvalue weighted by molar-refractivity contribution is -0.408. The number of hydrogen-bond donors (Lipinski definition) is 15. The van der Waals surface area contributed by atoms with Crippen LogP contribution in [0.5, 0.6) is 0 Å². The summed E-state index contributed by atoms with van der Waals surface area (Å²) in [6.45, 7) is 9.42. The van der Waals surface area contributed by atoms with E-state index in [-0.39, 0.29) is 52.6 Å². The van der Waals surface area contributed by atoms with E-state index in [0.717, 1.165) is 38.5 Å². The summed E-state index contributed by atoms with van der Waals surface area (Å²) >= 11 is 0. The number of aliphatic hydroxyl groups is 15. The van der Waals surface area contributed by atoms with Crippen LogP contribution in [0.2, 0.25) is 0 Å². The average Bonchev–Trinajstić information content (AvgIpc) is 1.88. The summed E-state index contributed by atoms with van der Waals surface area (Å²) in [7, 11) is 0. The molecule has 28 nitrogen and oxygen atoms in total. The van der Waals surface area contributed by atoms with Crippen LogP contribution in [0.15, 0.2) is 0 Å². The summed E-state index contributed by atoms with van der Waals surface area (Å²) in [5.41, 5.74) is -0.414. The molecule has 476 valence electrons. The van der Waals surface area contributed by atoms with E-state index in [2.05, 4.69) is 27.7 Å². The molecule has 0 aromatic carbocycles. The Morgan fingerprint density at radius 3 is 1.64 bits per heavy atom. The van der Waals surface area contributed by atoms with Crippen molar-refractivity contribution in [2.24, 2.45) is 52.3 Å². The Morgan fingerprint density at radius 1 is 0.518 bits per heavy atom. The van der Waals surface area contributed by atoms with Gasteiger partial charge in [-0.05, 0) is 92.3 Å². The third-order valence-electron chi connectivity index (χ3n) is 21.5. The van der Waals surface area contributed by atoms with E-state index in [9.17, 15) is 81.4 Å². The van der Waals surface area contributed by atoms with E-state index in [1.165, 1.54) is 0 Å². The third-order valence-corrected chi connectivity index (χ3v) is 21.5. The summed E-state index contributed by atoms with van der Waals surface area (Å²) < 4.78 is 70.5. The average molecular weight is 1200 g/mol. The van der Waals surface area contributed by atoms with Gasteiger partial charge in [-0.3, -0.25) is 4.79 Å². The van der Waals surface area contributed by atoms with Crippen molar-refractivity contribution >= 4 is 5.78 Å². The van der Waals surface area contributed by atoms with Crippen molar-refractivity contribution in [3.05, 3.63) is 0 Å². The quantitative estimate of drug-likeness (QED) is 0.0814. The second-order valence-electron chi connectivity index (χ2n) is 26.4. The van der Waals surface area contributed by atoms with Gasteiger partial charge < -0.3 is 133 Å². The number of hydrogen-bond acceptors (Lipinski definition) is 28. The fourth-order valence-corrected chi connectivity index (χ4v) is 17.0. The van der Waals surface area contributed by atoms with Gasteiger partial charge in [0, 0.05) is 24.7 Å². The molecule has 7 aliphatic heterocycles. The zero-order valence-corrected chi connectivity index (χ0v) is 47.1. The number of fused-ring (bicyclic) bond motifs is 7. The molecule has 37 atom stereocenters. The van der Waals surface area contributed by atoms with Crippen molar-refractivity contribution in [3.63, 3.8) is 0 Å². The Bertz CT molecular complexity index is 2230. The second-order valence-corrected chi connectivity index (χ2v) is 26.4. The Morgan fingerprint density at radius 2 is 1.05 bits per heavy atom. The predicted molar refractivity (Wildman–Crippen MR) is 270 cm³/mol. The molecule has 4 saturated carbocycles. The molecule has 0 radical (unpaired) electrons. The Hall–Kier alpha value is -1.41. The van der Waals surface area contributed by atoms with Gasteiger partial charge >= 0.3 is 0 Å². The van der Waals surface area contributed by atoms with Crippen LogP contribution in [0.25, 0.3) is 0 Å². The van der Waals surface area contributed by atoms with Crippen LogP contribution in [-0.2, 0) is 61.6 Å². The van der Waals surface area contributed by atoms with E-state index in [4.69, 9.17) is 56.8 Å². The maximum Gasteiger partial charge on any atom is 0.189 e. The smallest absolute Gasteiger partial charge is 0.189 e. The maximum atomic E-state index is 14.7. The summed E-state index contributed by atoms with van der Waals surface area (Å²) in [6, 6.07) is 0. The number of rotatable bonds is 12. The monoisotopic (exact) mass is 1200 g/mol. The number of ketones is 1. The minimum absolute atomic E-state index is 0.0706. The molecule has 0 aromatic heterocycles. The van der Waals surface area contributed by atoms with Gasteiger partial charge in [-0.2, -0.15) is 0 Å². The van der Waals surface area contributed by atoms with E-state index in [1.807, 2.05) is 0 Å². The molecule has 7 saturated heterocycles. The first-order valence-electron chi connectivity index (χ1n) is 29.7. The van der Waals surface area contributed by atoms with Crippen molar-refractivity contribution in [1.82, 2.24) is 0 Å². The molecule has 7 heterocycles. The van der Waals surface area contributed by atoms with Crippen molar-refractivity contribution < 1.29 is 138 Å². The molecule has 0 unspecified atom stereocenters. The van der Waals surface area contributed by atoms with Crippen LogP contribution in [0.1, 0.15) is 92.4 Å². The lowest BCUT2D eigenvalue weighted by Gasteiger charge is -2.60. The number of carbonyl (C=O) groups excluding carboxylic acids is 1. The Kier molecular flexibility index (Phi) is 18.3. The molecule has 11 aliphatic rings. The van der Waals surface area contributed by atoms with Gasteiger partial charge in [0.1, 0.15) is 110 Å². The molecular weight excluding hydrogens is 1110 g/mol. The minimum Gasteiger partial charge on any atom is -0.394 e. The molecule has 4 aliphatic carbocycles. The summed E-state index contributed by atoms with van der Waals surface area (Å²) in [4.78, 5) is 14.7. The highest BCUT2D eigenvalue weighted by Gasteiger charge is 2.71. The van der Waals surface area contributed by atoms with Gasteiger partial charge in [0.05, 0.1) is 38.1 Å². The topological polar surface area (TPSA) is 431 Å². The standard InChI is InChI=1S/C55H88O28/c1-18-8-11-55(72-17-18)19(2)29-26(83-55)13-24-23-7-6-21-12-22(9-10-53(21,4)30(23)25(58)14-54(24,29)5)74-48-37(65)32(60)42(20(3)73-48)77-49-38(66)33(61)44(28(16-57)75-49)79-52-41(69)45(40(68)47(71)82-52)80-50-39(67)34(62)43(27(15-56)76-50)78-51-36(64)31(59)35(63)46(70)81-51/h18-24,26-52,56-57,59-71H,6-17H2,1-5H3/t18-,19+,20-,21+,22+,23+,24+,26+,27-,28-,29+,30-,31+,32-,33-,34-,35+,36-,37-,38-,39-,40-,41-,42-,43-,44-,45-,46+,47+,48+,49+,50+,51-,52-,53+,54+,55-/m1/s1. The van der Waals surface area contributed by atoms with E-state index >= 15 is 0 Å². The molecular formula is C55H88O28. The normalized spacial score (nSPS) is 58.3. The fraction of sp³-hybridized carbons (Fsp3) is 0.982. The number of ether oxygens (including phenoxy) is 12. The highest BCUT2D eigenvalue weighted by molar-refractivity contribution is 5.84. The second kappa shape index (κ2) is 24.1. The number of carbonyl (C=O) groups is 1. The van der Waals surface area contributed by atoms with Crippen molar-refractivity contribution in [2.75, 3.05) is 19.8 Å². The first-order valence-corrected chi connectivity index (χ1v) is 29.7. The zero-order chi connectivity index (χ0) is 59.7. The van der Waals surface area contributed by atoms with E-state index < -0.39 is 173 Å². The lowest BCUT2D eigenvalue weighted by atomic mass is 9.44. The number of aliphatic hydroxyl groups excluding tert-OH is 15. The van der Waals surface area contributed by atoms with Crippen molar-refractivity contribution in [2.45, 2.75) is 264 Å². The van der Waals surface area contributed by atoms with Crippen LogP contribution < -0.4 is 0 Å². The van der Waals surface area contributed by atoms with Gasteiger partial charge in [-0.1, -0.05) is 27.7 Å². The van der Waals surface area contributed by atoms with Crippen LogP contribution in [0, 0.1) is 52.3 Å².